The molecule has 1 saturated heterocycles. The number of hydrogen-bond acceptors (Lipinski definition) is 13. The van der Waals surface area contributed by atoms with E-state index in [-0.39, 0.29) is 26.1 Å². The third-order valence-corrected chi connectivity index (χ3v) is 7.62. The van der Waals surface area contributed by atoms with E-state index in [4.69, 9.17) is 33.2 Å². The number of hydrogen-bond donors (Lipinski definition) is 2. The van der Waals surface area contributed by atoms with E-state index in [2.05, 4.69) is 5.32 Å². The Morgan fingerprint density at radius 3 is 1.96 bits per heavy atom. The zero-order chi connectivity index (χ0) is 34.6. The van der Waals surface area contributed by atoms with Crippen LogP contribution in [0.25, 0.3) is 11.1 Å². The number of anilines is 1. The average Bonchev–Trinajstić information content (AvgIpc) is 3.08. The number of para-hydroxylation sites is 1. The lowest BCUT2D eigenvalue weighted by Gasteiger charge is -2.44. The number of allylic oxidation sites excluding steroid dienone is 2. The van der Waals surface area contributed by atoms with Gasteiger partial charge in [0.15, 0.2) is 36.4 Å². The van der Waals surface area contributed by atoms with E-state index in [9.17, 15) is 29.1 Å². The van der Waals surface area contributed by atoms with Gasteiger partial charge in [0.1, 0.15) is 6.10 Å². The molecule has 4 rings (SSSR count). The summed E-state index contributed by atoms with van der Waals surface area (Å²) in [5, 5.41) is 13.0. The molecule has 2 aromatic rings. The molecule has 0 aromatic heterocycles. The number of amides is 1. The van der Waals surface area contributed by atoms with Crippen LogP contribution in [-0.2, 0) is 52.3 Å². The first-order chi connectivity index (χ1) is 23.2. The van der Waals surface area contributed by atoms with E-state index in [1.165, 1.54) is 19.3 Å². The van der Waals surface area contributed by atoms with Crippen LogP contribution in [0.5, 0.6) is 0 Å². The fourth-order valence-electron chi connectivity index (χ4n) is 5.30. The fraction of sp³-hybridized carbons (Fsp3) is 0.441. The molecule has 2 aliphatic heterocycles. The number of aliphatic hydroxyl groups excluding tert-OH is 1. The molecule has 0 aliphatic carbocycles. The molecule has 2 heterocycles. The highest BCUT2D eigenvalue weighted by atomic mass is 16.7. The highest BCUT2D eigenvalue weighted by molar-refractivity contribution is 5.96. The summed E-state index contributed by atoms with van der Waals surface area (Å²) in [4.78, 5) is 66.1. The van der Waals surface area contributed by atoms with Crippen LogP contribution >= 0.6 is 0 Å². The van der Waals surface area contributed by atoms with Crippen molar-refractivity contribution in [3.63, 3.8) is 0 Å². The summed E-state index contributed by atoms with van der Waals surface area (Å²) in [5.74, 6) is -6.81. The van der Waals surface area contributed by atoms with Crippen LogP contribution in [0.4, 0.5) is 10.5 Å². The number of fused-ring (bicyclic) bond motifs is 1. The number of ether oxygens (including phenoxy) is 7. The minimum absolute atomic E-state index is 0.0126. The van der Waals surface area contributed by atoms with Crippen molar-refractivity contribution in [1.82, 2.24) is 0 Å². The molecule has 2 N–H and O–H groups in total. The second-order valence-corrected chi connectivity index (χ2v) is 10.7. The predicted octanol–water partition coefficient (Wildman–Crippen LogP) is 3.17. The molecular formula is C34H39NO13. The van der Waals surface area contributed by atoms with E-state index >= 15 is 0 Å². The molecule has 14 heteroatoms. The molecule has 7 atom stereocenters. The third kappa shape index (κ3) is 8.76. The van der Waals surface area contributed by atoms with Crippen LogP contribution in [0.1, 0.15) is 26.7 Å². The second kappa shape index (κ2) is 17.4. The Morgan fingerprint density at radius 1 is 0.833 bits per heavy atom. The summed E-state index contributed by atoms with van der Waals surface area (Å²) in [5.41, 5.74) is 1.86. The Hall–Kier alpha value is -4.79. The third-order valence-electron chi connectivity index (χ3n) is 7.62. The zero-order valence-corrected chi connectivity index (χ0v) is 26.8. The molecule has 1 fully saturated rings. The molecule has 0 spiro atoms. The Morgan fingerprint density at radius 2 is 1.40 bits per heavy atom. The largest absolute Gasteiger partial charge is 0.465 e. The molecule has 1 amide bonds. The van der Waals surface area contributed by atoms with Crippen molar-refractivity contribution in [2.45, 2.75) is 57.4 Å². The number of benzene rings is 2. The minimum atomic E-state index is -1.68. The molecule has 2 aromatic carbocycles. The lowest BCUT2D eigenvalue weighted by Crippen LogP contribution is -2.63. The van der Waals surface area contributed by atoms with Crippen LogP contribution in [-0.4, -0.2) is 92.7 Å². The molecule has 0 unspecified atom stereocenters. The maximum atomic E-state index is 13.6. The van der Waals surface area contributed by atoms with Crippen molar-refractivity contribution in [3.8, 4) is 11.1 Å². The van der Waals surface area contributed by atoms with Crippen LogP contribution in [0.2, 0.25) is 0 Å². The van der Waals surface area contributed by atoms with Gasteiger partial charge in [0.2, 0.25) is 0 Å². The lowest BCUT2D eigenvalue weighted by molar-refractivity contribution is -0.300. The molecule has 258 valence electrons. The molecule has 0 bridgehead atoms. The van der Waals surface area contributed by atoms with Crippen molar-refractivity contribution in [2.75, 3.05) is 32.2 Å². The topological polar surface area (TPSA) is 182 Å². The first-order valence-electron chi connectivity index (χ1n) is 15.5. The Bertz CT molecular complexity index is 1460. The van der Waals surface area contributed by atoms with Gasteiger partial charge in [-0.15, -0.1) is 0 Å². The number of esters is 4. The van der Waals surface area contributed by atoms with Crippen LogP contribution in [0, 0.1) is 11.8 Å². The summed E-state index contributed by atoms with van der Waals surface area (Å²) in [7, 11) is 1.21. The van der Waals surface area contributed by atoms with Gasteiger partial charge in [0.25, 0.3) is 0 Å². The Balaban J connectivity index is 1.72. The SMILES string of the molecule is CCOC(=O)[C@H]1C/C=C/C[C@H](C(=O)OCC)C(=O)O[C@H]2[C@@H](OC)O[C@H](CO)[C@@H](OC(=O)Nc3ccccc3-c3ccccc3)[C@@H]2OC1=O. The monoisotopic (exact) mass is 669 g/mol. The van der Waals surface area contributed by atoms with E-state index in [1.54, 1.807) is 38.1 Å². The standard InChI is InChI=1S/C34H39NO13/c1-4-43-29(37)22-16-9-10-17-23(30(38)44-5-2)32(40)47-28-27(46-31(22)39)26(25(19-36)45-33(28)42-3)48-34(41)35-24-18-12-11-15-21(24)20-13-7-6-8-14-20/h6-15,18,22-23,25-28,33,36H,4-5,16-17,19H2,1-3H3,(H,35,41)/b10-9+/t22-,23-,25-,26-,27+,28-,33+/m1/s1. The molecule has 0 saturated carbocycles. The van der Waals surface area contributed by atoms with Crippen molar-refractivity contribution < 1.29 is 62.2 Å². The normalized spacial score (nSPS) is 26.6. The van der Waals surface area contributed by atoms with Crippen LogP contribution < -0.4 is 5.32 Å². The predicted molar refractivity (Wildman–Crippen MR) is 167 cm³/mol. The Labute approximate surface area is 277 Å². The van der Waals surface area contributed by atoms with Gasteiger partial charge in [-0.3, -0.25) is 24.5 Å². The number of methoxy groups -OCH3 is 1. The van der Waals surface area contributed by atoms with Gasteiger partial charge < -0.3 is 38.3 Å². The highest BCUT2D eigenvalue weighted by Crippen LogP contribution is 2.33. The number of rotatable bonds is 9. The summed E-state index contributed by atoms with van der Waals surface area (Å²) >= 11 is 0. The first kappa shape index (κ1) is 36.1. The van der Waals surface area contributed by atoms with Gasteiger partial charge in [-0.05, 0) is 38.3 Å². The minimum Gasteiger partial charge on any atom is -0.465 e. The number of aliphatic hydroxyl groups is 1. The molecule has 48 heavy (non-hydrogen) atoms. The van der Waals surface area contributed by atoms with Gasteiger partial charge >= 0.3 is 30.0 Å². The molecular weight excluding hydrogens is 630 g/mol. The van der Waals surface area contributed by atoms with Gasteiger partial charge in [-0.2, -0.15) is 0 Å². The van der Waals surface area contributed by atoms with Crippen LogP contribution in [0.15, 0.2) is 66.7 Å². The highest BCUT2D eigenvalue weighted by Gasteiger charge is 2.54. The fourth-order valence-corrected chi connectivity index (χ4v) is 5.30. The zero-order valence-electron chi connectivity index (χ0n) is 26.8. The van der Waals surface area contributed by atoms with E-state index in [1.807, 2.05) is 30.3 Å². The van der Waals surface area contributed by atoms with E-state index < -0.39 is 79.1 Å². The van der Waals surface area contributed by atoms with Crippen molar-refractivity contribution in [3.05, 3.63) is 66.7 Å². The number of carbonyl (C=O) groups is 5. The van der Waals surface area contributed by atoms with Gasteiger partial charge in [0.05, 0.1) is 25.5 Å². The van der Waals surface area contributed by atoms with Crippen molar-refractivity contribution >= 4 is 35.7 Å². The molecule has 0 radical (unpaired) electrons. The molecule has 2 aliphatic rings. The second-order valence-electron chi connectivity index (χ2n) is 10.7. The number of carbonyl (C=O) groups excluding carboxylic acids is 5. The van der Waals surface area contributed by atoms with Gasteiger partial charge in [0, 0.05) is 12.7 Å². The first-order valence-corrected chi connectivity index (χ1v) is 15.5. The van der Waals surface area contributed by atoms with Gasteiger partial charge in [-0.25, -0.2) is 4.79 Å². The van der Waals surface area contributed by atoms with Crippen molar-refractivity contribution in [1.29, 1.82) is 0 Å². The molecule has 14 nitrogen and oxygen atoms in total. The van der Waals surface area contributed by atoms with Crippen molar-refractivity contribution in [2.24, 2.45) is 11.8 Å². The summed E-state index contributed by atoms with van der Waals surface area (Å²) < 4.78 is 38.6. The maximum Gasteiger partial charge on any atom is 0.412 e. The number of nitrogens with one attached hydrogen (secondary N) is 1. The Kier molecular flexibility index (Phi) is 13.1. The van der Waals surface area contributed by atoms with Crippen LogP contribution in [0.3, 0.4) is 0 Å². The quantitative estimate of drug-likeness (QED) is 0.172. The van der Waals surface area contributed by atoms with E-state index in [0.717, 1.165) is 5.56 Å². The lowest BCUT2D eigenvalue weighted by atomic mass is 9.96. The smallest absolute Gasteiger partial charge is 0.412 e. The summed E-state index contributed by atoms with van der Waals surface area (Å²) in [6.07, 6.45) is -6.26. The summed E-state index contributed by atoms with van der Waals surface area (Å²) in [6, 6.07) is 16.2. The van der Waals surface area contributed by atoms with E-state index in [0.29, 0.717) is 11.3 Å². The van der Waals surface area contributed by atoms with Gasteiger partial charge in [-0.1, -0.05) is 60.7 Å². The summed E-state index contributed by atoms with van der Waals surface area (Å²) in [6.45, 7) is 2.36. The maximum absolute atomic E-state index is 13.6. The average molecular weight is 670 g/mol.